The lowest BCUT2D eigenvalue weighted by molar-refractivity contribution is 0.168. The highest BCUT2D eigenvalue weighted by Gasteiger charge is 2.24. The van der Waals surface area contributed by atoms with Gasteiger partial charge in [-0.25, -0.2) is 0 Å². The molecule has 1 N–H and O–H groups in total. The van der Waals surface area contributed by atoms with Crippen molar-refractivity contribution in [3.05, 3.63) is 0 Å². The highest BCUT2D eigenvalue weighted by molar-refractivity contribution is 4.81. The Morgan fingerprint density at radius 3 is 2.75 bits per heavy atom. The second-order valence-electron chi connectivity index (χ2n) is 5.22. The third kappa shape index (κ3) is 4.04. The zero-order chi connectivity index (χ0) is 12.0. The molecule has 3 nitrogen and oxygen atoms in total. The van der Waals surface area contributed by atoms with E-state index in [4.69, 9.17) is 0 Å². The van der Waals surface area contributed by atoms with Crippen LogP contribution < -0.4 is 5.32 Å². The summed E-state index contributed by atoms with van der Waals surface area (Å²) in [5, 5.41) is 3.31. The monoisotopic (exact) mass is 227 g/mol. The summed E-state index contributed by atoms with van der Waals surface area (Å²) in [6.07, 6.45) is 5.32. The average molecular weight is 227 g/mol. The van der Waals surface area contributed by atoms with Gasteiger partial charge in [-0.2, -0.15) is 0 Å². The van der Waals surface area contributed by atoms with Gasteiger partial charge < -0.3 is 15.1 Å². The lowest BCUT2D eigenvalue weighted by Gasteiger charge is -2.32. The topological polar surface area (TPSA) is 18.5 Å². The van der Waals surface area contributed by atoms with E-state index in [1.165, 1.54) is 38.8 Å². The largest absolute Gasteiger partial charge is 0.318 e. The molecule has 2 atom stereocenters. The molecule has 1 fully saturated rings. The number of likely N-dealkylation sites (tertiary alicyclic amines) is 1. The fourth-order valence-corrected chi connectivity index (χ4v) is 2.74. The van der Waals surface area contributed by atoms with Crippen LogP contribution in [0.5, 0.6) is 0 Å². The minimum absolute atomic E-state index is 0.698. The molecule has 16 heavy (non-hydrogen) atoms. The lowest BCUT2D eigenvalue weighted by atomic mass is 10.1. The van der Waals surface area contributed by atoms with Gasteiger partial charge in [0.2, 0.25) is 0 Å². The van der Waals surface area contributed by atoms with Crippen LogP contribution in [0.2, 0.25) is 0 Å². The van der Waals surface area contributed by atoms with Crippen molar-refractivity contribution < 1.29 is 0 Å². The molecule has 1 aliphatic rings. The van der Waals surface area contributed by atoms with Crippen LogP contribution in [0.4, 0.5) is 0 Å². The quantitative estimate of drug-likeness (QED) is 0.709. The first kappa shape index (κ1) is 13.9. The van der Waals surface area contributed by atoms with Crippen LogP contribution in [-0.4, -0.2) is 62.7 Å². The Bertz CT molecular complexity index is 178. The van der Waals surface area contributed by atoms with Crippen LogP contribution in [0.15, 0.2) is 0 Å². The minimum atomic E-state index is 0.698. The first-order valence-electron chi connectivity index (χ1n) is 6.74. The Morgan fingerprint density at radius 2 is 2.25 bits per heavy atom. The Hall–Kier alpha value is -0.120. The van der Waals surface area contributed by atoms with E-state index in [0.717, 1.165) is 12.6 Å². The van der Waals surface area contributed by atoms with Crippen LogP contribution in [0.25, 0.3) is 0 Å². The van der Waals surface area contributed by atoms with E-state index in [9.17, 15) is 0 Å². The van der Waals surface area contributed by atoms with Gasteiger partial charge >= 0.3 is 0 Å². The summed E-state index contributed by atoms with van der Waals surface area (Å²) in [6, 6.07) is 1.48. The molecule has 0 radical (unpaired) electrons. The fourth-order valence-electron chi connectivity index (χ4n) is 2.74. The summed E-state index contributed by atoms with van der Waals surface area (Å²) in [5.74, 6) is 0. The fraction of sp³-hybridized carbons (Fsp3) is 1.00. The minimum Gasteiger partial charge on any atom is -0.318 e. The van der Waals surface area contributed by atoms with Gasteiger partial charge in [-0.3, -0.25) is 0 Å². The van der Waals surface area contributed by atoms with Gasteiger partial charge in [-0.1, -0.05) is 13.3 Å². The molecule has 0 aromatic heterocycles. The molecule has 0 spiro atoms. The molecule has 1 saturated heterocycles. The van der Waals surface area contributed by atoms with E-state index < -0.39 is 0 Å². The van der Waals surface area contributed by atoms with Gasteiger partial charge in [0.05, 0.1) is 0 Å². The summed E-state index contributed by atoms with van der Waals surface area (Å²) in [7, 11) is 6.60. The van der Waals surface area contributed by atoms with Crippen molar-refractivity contribution in [2.75, 3.05) is 40.8 Å². The van der Waals surface area contributed by atoms with Gasteiger partial charge in [0.15, 0.2) is 0 Å². The molecule has 2 unspecified atom stereocenters. The van der Waals surface area contributed by atoms with E-state index in [2.05, 4.69) is 43.2 Å². The van der Waals surface area contributed by atoms with Gasteiger partial charge in [-0.05, 0) is 47.0 Å². The Kier molecular flexibility index (Phi) is 6.32. The Morgan fingerprint density at radius 1 is 1.50 bits per heavy atom. The van der Waals surface area contributed by atoms with Gasteiger partial charge in [0, 0.05) is 25.2 Å². The molecule has 0 aromatic carbocycles. The molecular weight excluding hydrogens is 198 g/mol. The zero-order valence-electron chi connectivity index (χ0n) is 11.5. The van der Waals surface area contributed by atoms with Crippen LogP contribution in [0.1, 0.15) is 32.6 Å². The molecule has 0 amide bonds. The molecule has 1 heterocycles. The van der Waals surface area contributed by atoms with Crippen molar-refractivity contribution in [1.29, 1.82) is 0 Å². The second-order valence-corrected chi connectivity index (χ2v) is 5.22. The summed E-state index contributed by atoms with van der Waals surface area (Å²) in [6.45, 7) is 5.89. The van der Waals surface area contributed by atoms with Crippen molar-refractivity contribution in [2.24, 2.45) is 0 Å². The Labute approximate surface area is 101 Å². The van der Waals surface area contributed by atoms with Crippen molar-refractivity contribution in [1.82, 2.24) is 15.1 Å². The molecule has 0 aliphatic carbocycles. The molecule has 1 aliphatic heterocycles. The highest BCUT2D eigenvalue weighted by Crippen LogP contribution is 2.17. The number of nitrogens with zero attached hydrogens (tertiary/aromatic N) is 2. The standard InChI is InChI=1S/C13H29N3/c1-5-7-12(10-14-2)16(4)11-13-8-6-9-15(13)3/h12-14H,5-11H2,1-4H3. The zero-order valence-corrected chi connectivity index (χ0v) is 11.5. The smallest absolute Gasteiger partial charge is 0.0220 e. The van der Waals surface area contributed by atoms with E-state index in [1.54, 1.807) is 0 Å². The second kappa shape index (κ2) is 7.25. The predicted molar refractivity (Wildman–Crippen MR) is 70.9 cm³/mol. The number of hydrogen-bond donors (Lipinski definition) is 1. The molecule has 1 rings (SSSR count). The lowest BCUT2D eigenvalue weighted by Crippen LogP contribution is -2.45. The van der Waals surface area contributed by atoms with Crippen LogP contribution in [0, 0.1) is 0 Å². The maximum atomic E-state index is 3.31. The SMILES string of the molecule is CCCC(CNC)N(C)CC1CCCN1C. The van der Waals surface area contributed by atoms with E-state index in [1.807, 2.05) is 0 Å². The summed E-state index contributed by atoms with van der Waals surface area (Å²) in [5.41, 5.74) is 0. The van der Waals surface area contributed by atoms with Crippen molar-refractivity contribution in [3.8, 4) is 0 Å². The number of rotatable bonds is 7. The number of hydrogen-bond acceptors (Lipinski definition) is 3. The van der Waals surface area contributed by atoms with Crippen LogP contribution in [0.3, 0.4) is 0 Å². The maximum absolute atomic E-state index is 3.31. The van der Waals surface area contributed by atoms with Gasteiger partial charge in [0.25, 0.3) is 0 Å². The molecule has 0 bridgehead atoms. The van der Waals surface area contributed by atoms with Crippen LogP contribution in [-0.2, 0) is 0 Å². The molecule has 3 heteroatoms. The summed E-state index contributed by atoms with van der Waals surface area (Å²) < 4.78 is 0. The first-order chi connectivity index (χ1) is 7.69. The van der Waals surface area contributed by atoms with E-state index in [0.29, 0.717) is 6.04 Å². The number of nitrogens with one attached hydrogen (secondary N) is 1. The highest BCUT2D eigenvalue weighted by atomic mass is 15.2. The van der Waals surface area contributed by atoms with Crippen molar-refractivity contribution in [2.45, 2.75) is 44.7 Å². The van der Waals surface area contributed by atoms with Crippen molar-refractivity contribution >= 4 is 0 Å². The predicted octanol–water partition coefficient (Wildman–Crippen LogP) is 1.40. The maximum Gasteiger partial charge on any atom is 0.0220 e. The third-order valence-corrected chi connectivity index (χ3v) is 3.86. The van der Waals surface area contributed by atoms with Gasteiger partial charge in [0.1, 0.15) is 0 Å². The summed E-state index contributed by atoms with van der Waals surface area (Å²) >= 11 is 0. The number of likely N-dealkylation sites (N-methyl/N-ethyl adjacent to an activating group) is 3. The average Bonchev–Trinajstić information content (AvgIpc) is 2.64. The third-order valence-electron chi connectivity index (χ3n) is 3.86. The molecule has 0 saturated carbocycles. The Balaban J connectivity index is 2.37. The van der Waals surface area contributed by atoms with Gasteiger partial charge in [-0.15, -0.1) is 0 Å². The molecule has 96 valence electrons. The normalized spacial score (nSPS) is 24.2. The molecule has 0 aromatic rings. The van der Waals surface area contributed by atoms with Crippen LogP contribution >= 0.6 is 0 Å². The van der Waals surface area contributed by atoms with E-state index >= 15 is 0 Å². The summed E-state index contributed by atoms with van der Waals surface area (Å²) in [4.78, 5) is 5.06. The van der Waals surface area contributed by atoms with Crippen molar-refractivity contribution in [3.63, 3.8) is 0 Å². The molecular formula is C13H29N3. The van der Waals surface area contributed by atoms with E-state index in [-0.39, 0.29) is 0 Å². The first-order valence-corrected chi connectivity index (χ1v) is 6.74.